The lowest BCUT2D eigenvalue weighted by Gasteiger charge is -2.18. The van der Waals surface area contributed by atoms with E-state index in [9.17, 15) is 9.59 Å². The van der Waals surface area contributed by atoms with Crippen molar-refractivity contribution in [3.63, 3.8) is 0 Å². The SMILES string of the molecule is COc1cccc(NC2=C(Sc3ccc(Cl)cc3)C(=O)N(c3ccc(Cl)cc3C)C2=O)c1. The van der Waals surface area contributed by atoms with Gasteiger partial charge in [0.15, 0.2) is 0 Å². The van der Waals surface area contributed by atoms with E-state index in [1.807, 2.05) is 0 Å². The van der Waals surface area contributed by atoms with Gasteiger partial charge in [-0.15, -0.1) is 0 Å². The topological polar surface area (TPSA) is 58.6 Å². The molecule has 1 aliphatic heterocycles. The highest BCUT2D eigenvalue weighted by Gasteiger charge is 2.40. The van der Waals surface area contributed by atoms with Crippen LogP contribution < -0.4 is 15.0 Å². The average molecular weight is 485 g/mol. The number of halogens is 2. The zero-order valence-electron chi connectivity index (χ0n) is 17.2. The fourth-order valence-electron chi connectivity index (χ4n) is 3.27. The number of thioether (sulfide) groups is 1. The molecule has 3 aromatic rings. The number of nitrogens with one attached hydrogen (secondary N) is 1. The summed E-state index contributed by atoms with van der Waals surface area (Å²) in [5.41, 5.74) is 2.03. The summed E-state index contributed by atoms with van der Waals surface area (Å²) in [5, 5.41) is 4.24. The number of methoxy groups -OCH3 is 1. The third-order valence-electron chi connectivity index (χ3n) is 4.81. The van der Waals surface area contributed by atoms with Gasteiger partial charge in [0.1, 0.15) is 16.4 Å². The smallest absolute Gasteiger partial charge is 0.283 e. The van der Waals surface area contributed by atoms with Crippen molar-refractivity contribution in [2.45, 2.75) is 11.8 Å². The first-order valence-electron chi connectivity index (χ1n) is 9.61. The van der Waals surface area contributed by atoms with E-state index >= 15 is 0 Å². The molecule has 0 radical (unpaired) electrons. The third-order valence-corrected chi connectivity index (χ3v) is 6.39. The summed E-state index contributed by atoms with van der Waals surface area (Å²) in [4.78, 5) is 29.1. The molecule has 4 rings (SSSR count). The Bertz CT molecular complexity index is 1240. The van der Waals surface area contributed by atoms with Crippen LogP contribution in [-0.4, -0.2) is 18.9 Å². The van der Waals surface area contributed by atoms with Crippen LogP contribution in [-0.2, 0) is 9.59 Å². The maximum Gasteiger partial charge on any atom is 0.283 e. The molecule has 1 N–H and O–H groups in total. The highest BCUT2D eigenvalue weighted by atomic mass is 35.5. The van der Waals surface area contributed by atoms with Crippen molar-refractivity contribution < 1.29 is 14.3 Å². The van der Waals surface area contributed by atoms with Crippen molar-refractivity contribution in [1.82, 2.24) is 0 Å². The number of ether oxygens (including phenoxy) is 1. The fourth-order valence-corrected chi connectivity index (χ4v) is 4.55. The summed E-state index contributed by atoms with van der Waals surface area (Å²) in [5.74, 6) is -0.227. The molecule has 0 bridgehead atoms. The van der Waals surface area contributed by atoms with Gasteiger partial charge in [-0.2, -0.15) is 0 Å². The quantitative estimate of drug-likeness (QED) is 0.416. The first-order valence-corrected chi connectivity index (χ1v) is 11.2. The monoisotopic (exact) mass is 484 g/mol. The molecule has 0 atom stereocenters. The minimum Gasteiger partial charge on any atom is -0.497 e. The van der Waals surface area contributed by atoms with Gasteiger partial charge in [0.05, 0.1) is 12.8 Å². The lowest BCUT2D eigenvalue weighted by atomic mass is 10.2. The predicted molar refractivity (Wildman–Crippen MR) is 130 cm³/mol. The molecule has 0 spiro atoms. The van der Waals surface area contributed by atoms with Crippen molar-refractivity contribution in [1.29, 1.82) is 0 Å². The van der Waals surface area contributed by atoms with E-state index in [0.717, 1.165) is 10.5 Å². The van der Waals surface area contributed by atoms with Crippen LogP contribution in [0.2, 0.25) is 10.0 Å². The van der Waals surface area contributed by atoms with Gasteiger partial charge in [0.25, 0.3) is 11.8 Å². The molecule has 162 valence electrons. The molecule has 1 aliphatic rings. The van der Waals surface area contributed by atoms with Crippen LogP contribution in [0.5, 0.6) is 5.75 Å². The van der Waals surface area contributed by atoms with Gasteiger partial charge in [-0.25, -0.2) is 4.90 Å². The van der Waals surface area contributed by atoms with Crippen LogP contribution in [0.1, 0.15) is 5.56 Å². The molecule has 0 aliphatic carbocycles. The van der Waals surface area contributed by atoms with Crippen LogP contribution in [0.15, 0.2) is 82.2 Å². The molecular formula is C24H18Cl2N2O3S. The predicted octanol–water partition coefficient (Wildman–Crippen LogP) is 6.30. The number of hydrogen-bond acceptors (Lipinski definition) is 5. The van der Waals surface area contributed by atoms with E-state index in [1.54, 1.807) is 80.8 Å². The van der Waals surface area contributed by atoms with Gasteiger partial charge < -0.3 is 10.1 Å². The number of hydrogen-bond donors (Lipinski definition) is 1. The summed E-state index contributed by atoms with van der Waals surface area (Å²) in [6.07, 6.45) is 0. The summed E-state index contributed by atoms with van der Waals surface area (Å²) in [7, 11) is 1.56. The molecule has 5 nitrogen and oxygen atoms in total. The van der Waals surface area contributed by atoms with E-state index in [4.69, 9.17) is 27.9 Å². The number of imide groups is 1. The molecule has 0 saturated carbocycles. The molecule has 8 heteroatoms. The molecule has 0 aromatic heterocycles. The van der Waals surface area contributed by atoms with Gasteiger partial charge in [-0.3, -0.25) is 9.59 Å². The van der Waals surface area contributed by atoms with Crippen LogP contribution in [0.4, 0.5) is 11.4 Å². The summed E-state index contributed by atoms with van der Waals surface area (Å²) >= 11 is 13.3. The normalized spacial score (nSPS) is 13.7. The van der Waals surface area contributed by atoms with E-state index in [1.165, 1.54) is 16.7 Å². The lowest BCUT2D eigenvalue weighted by molar-refractivity contribution is -0.120. The Kier molecular flexibility index (Phi) is 6.46. The van der Waals surface area contributed by atoms with Crippen molar-refractivity contribution in [3.8, 4) is 5.75 Å². The van der Waals surface area contributed by atoms with Gasteiger partial charge in [0, 0.05) is 26.7 Å². The third kappa shape index (κ3) is 4.48. The van der Waals surface area contributed by atoms with Crippen LogP contribution in [0.25, 0.3) is 0 Å². The Hall–Kier alpha value is -2.93. The largest absolute Gasteiger partial charge is 0.497 e. The van der Waals surface area contributed by atoms with Crippen LogP contribution >= 0.6 is 35.0 Å². The molecular weight excluding hydrogens is 467 g/mol. The van der Waals surface area contributed by atoms with E-state index in [-0.39, 0.29) is 10.6 Å². The Morgan fingerprint density at radius 3 is 2.31 bits per heavy atom. The fraction of sp³-hybridized carbons (Fsp3) is 0.0833. The molecule has 3 aromatic carbocycles. The van der Waals surface area contributed by atoms with Gasteiger partial charge >= 0.3 is 0 Å². The highest BCUT2D eigenvalue weighted by molar-refractivity contribution is 8.04. The second-order valence-corrected chi connectivity index (χ2v) is 8.95. The highest BCUT2D eigenvalue weighted by Crippen LogP contribution is 2.39. The Balaban J connectivity index is 1.76. The number of rotatable bonds is 6. The molecule has 0 fully saturated rings. The zero-order valence-corrected chi connectivity index (χ0v) is 19.5. The van der Waals surface area contributed by atoms with Crippen LogP contribution in [0, 0.1) is 6.92 Å². The maximum atomic E-state index is 13.5. The van der Waals surface area contributed by atoms with Crippen molar-refractivity contribution in [2.75, 3.05) is 17.3 Å². The number of benzene rings is 3. The van der Waals surface area contributed by atoms with Crippen LogP contribution in [0.3, 0.4) is 0 Å². The number of carbonyl (C=O) groups excluding carboxylic acids is 2. The molecule has 1 heterocycles. The second-order valence-electron chi connectivity index (χ2n) is 6.99. The summed E-state index contributed by atoms with van der Waals surface area (Å²) < 4.78 is 5.27. The van der Waals surface area contributed by atoms with Gasteiger partial charge in [-0.1, -0.05) is 41.0 Å². The Morgan fingerprint density at radius 2 is 1.62 bits per heavy atom. The maximum absolute atomic E-state index is 13.5. The number of aryl methyl sites for hydroxylation is 1. The van der Waals surface area contributed by atoms with E-state index < -0.39 is 11.8 Å². The minimum absolute atomic E-state index is 0.192. The van der Waals surface area contributed by atoms with Gasteiger partial charge in [0.2, 0.25) is 0 Å². The average Bonchev–Trinajstić information content (AvgIpc) is 3.00. The first-order chi connectivity index (χ1) is 15.4. The molecule has 32 heavy (non-hydrogen) atoms. The molecule has 0 unspecified atom stereocenters. The van der Waals surface area contributed by atoms with E-state index in [0.29, 0.717) is 27.2 Å². The zero-order chi connectivity index (χ0) is 22.8. The van der Waals surface area contributed by atoms with Crippen molar-refractivity contribution in [2.24, 2.45) is 0 Å². The summed E-state index contributed by atoms with van der Waals surface area (Å²) in [6.45, 7) is 1.81. The Labute approximate surface area is 200 Å². The van der Waals surface area contributed by atoms with Crippen molar-refractivity contribution >= 4 is 58.2 Å². The summed E-state index contributed by atoms with van der Waals surface area (Å²) in [6, 6.07) is 19.3. The molecule has 0 saturated heterocycles. The first kappa shape index (κ1) is 22.3. The minimum atomic E-state index is -0.445. The standard InChI is InChI=1S/C24H18Cl2N2O3S/c1-14-12-16(26)8-11-20(14)28-23(29)21(27-17-4-3-5-18(13-17)31-2)22(24(28)30)32-19-9-6-15(25)7-10-19/h3-13,27H,1-2H3. The van der Waals surface area contributed by atoms with Gasteiger partial charge in [-0.05, 0) is 67.1 Å². The number of amides is 2. The Morgan fingerprint density at radius 1 is 0.906 bits per heavy atom. The van der Waals surface area contributed by atoms with E-state index in [2.05, 4.69) is 5.32 Å². The van der Waals surface area contributed by atoms with Crippen molar-refractivity contribution in [3.05, 3.63) is 92.9 Å². The lowest BCUT2D eigenvalue weighted by Crippen LogP contribution is -2.32. The number of anilines is 2. The number of nitrogens with zero attached hydrogens (tertiary/aromatic N) is 1. The second kappa shape index (κ2) is 9.28. The molecule has 2 amide bonds. The number of carbonyl (C=O) groups is 2.